The van der Waals surface area contributed by atoms with Gasteiger partial charge in [0.1, 0.15) is 5.69 Å². The van der Waals surface area contributed by atoms with Crippen LogP contribution in [0, 0.1) is 0 Å². The first kappa shape index (κ1) is 23.5. The maximum absolute atomic E-state index is 13.4. The molecule has 4 N–H and O–H groups in total. The van der Waals surface area contributed by atoms with Crippen LogP contribution in [0.15, 0.2) is 84.9 Å². The molecule has 4 aromatic carbocycles. The van der Waals surface area contributed by atoms with Crippen LogP contribution in [-0.2, 0) is 6.42 Å². The van der Waals surface area contributed by atoms with Gasteiger partial charge in [0.05, 0.1) is 0 Å². The third kappa shape index (κ3) is 4.27. The number of aromatic amines is 1. The Bertz CT molecular complexity index is 1590. The van der Waals surface area contributed by atoms with Crippen LogP contribution in [0.25, 0.3) is 21.7 Å². The van der Waals surface area contributed by atoms with Crippen molar-refractivity contribution in [1.82, 2.24) is 4.98 Å². The number of hydrogen-bond donors (Lipinski definition) is 3. The molecule has 0 radical (unpaired) electrons. The van der Waals surface area contributed by atoms with Gasteiger partial charge in [0.2, 0.25) is 0 Å². The maximum Gasteiger partial charge on any atom is 0.274 e. The Kier molecular flexibility index (Phi) is 6.36. The lowest BCUT2D eigenvalue weighted by atomic mass is 10.0. The molecule has 0 aliphatic carbocycles. The normalized spacial score (nSPS) is 12.2. The summed E-state index contributed by atoms with van der Waals surface area (Å²) in [5.41, 5.74) is 11.0. The number of benzene rings is 4. The SMILES string of the molecule is CCl.Nc1ccc(C(=O)Nc2ccc3[nH]c(C(=O)N4CCc5c4ccc4ccccc54)cc3c2)cc1. The number of rotatable bonds is 3. The summed E-state index contributed by atoms with van der Waals surface area (Å²) in [6.07, 6.45) is 2.31. The van der Waals surface area contributed by atoms with Gasteiger partial charge in [-0.2, -0.15) is 0 Å². The molecule has 0 unspecified atom stereocenters. The van der Waals surface area contributed by atoms with E-state index in [1.165, 1.54) is 22.7 Å². The molecule has 0 atom stereocenters. The molecular formula is C29H25ClN4O2. The minimum absolute atomic E-state index is 0.0577. The lowest BCUT2D eigenvalue weighted by Crippen LogP contribution is -2.29. The van der Waals surface area contributed by atoms with Crippen LogP contribution in [0.1, 0.15) is 26.4 Å². The van der Waals surface area contributed by atoms with Crippen LogP contribution < -0.4 is 16.0 Å². The van der Waals surface area contributed by atoms with Crippen LogP contribution in [-0.4, -0.2) is 29.7 Å². The number of amides is 2. The predicted molar refractivity (Wildman–Crippen MR) is 148 cm³/mol. The topological polar surface area (TPSA) is 91.2 Å². The number of H-pyrrole nitrogens is 1. The minimum Gasteiger partial charge on any atom is -0.399 e. The number of halogens is 1. The van der Waals surface area contributed by atoms with Gasteiger partial charge in [-0.3, -0.25) is 9.59 Å². The fourth-order valence-electron chi connectivity index (χ4n) is 4.70. The highest BCUT2D eigenvalue weighted by Gasteiger charge is 2.27. The maximum atomic E-state index is 13.4. The van der Waals surface area contributed by atoms with Crippen molar-refractivity contribution in [2.75, 3.05) is 28.9 Å². The Balaban J connectivity index is 0.00000130. The van der Waals surface area contributed by atoms with E-state index in [0.29, 0.717) is 29.2 Å². The molecule has 7 heteroatoms. The summed E-state index contributed by atoms with van der Waals surface area (Å²) >= 11 is 4.64. The molecule has 180 valence electrons. The number of nitrogens with one attached hydrogen (secondary N) is 2. The van der Waals surface area contributed by atoms with Gasteiger partial charge in [0.15, 0.2) is 0 Å². The van der Waals surface area contributed by atoms with E-state index in [1.54, 1.807) is 24.3 Å². The molecule has 0 saturated heterocycles. The van der Waals surface area contributed by atoms with Gasteiger partial charge in [0.25, 0.3) is 11.8 Å². The van der Waals surface area contributed by atoms with Crippen molar-refractivity contribution in [3.63, 3.8) is 0 Å². The van der Waals surface area contributed by atoms with E-state index in [-0.39, 0.29) is 11.8 Å². The molecule has 0 saturated carbocycles. The second-order valence-corrected chi connectivity index (χ2v) is 8.55. The van der Waals surface area contributed by atoms with E-state index in [0.717, 1.165) is 23.0 Å². The minimum atomic E-state index is -0.216. The molecule has 5 aromatic rings. The first-order valence-corrected chi connectivity index (χ1v) is 12.3. The largest absolute Gasteiger partial charge is 0.399 e. The third-order valence-electron chi connectivity index (χ3n) is 6.42. The number of anilines is 3. The van der Waals surface area contributed by atoms with Crippen molar-refractivity contribution in [3.05, 3.63) is 102 Å². The quantitative estimate of drug-likeness (QED) is 0.205. The van der Waals surface area contributed by atoms with Crippen molar-refractivity contribution in [2.45, 2.75) is 6.42 Å². The van der Waals surface area contributed by atoms with E-state index < -0.39 is 0 Å². The van der Waals surface area contributed by atoms with Crippen LogP contribution in [0.4, 0.5) is 17.1 Å². The summed E-state index contributed by atoms with van der Waals surface area (Å²) in [7, 11) is 0. The Morgan fingerprint density at radius 3 is 2.50 bits per heavy atom. The number of nitrogens with zero attached hydrogens (tertiary/aromatic N) is 1. The zero-order chi connectivity index (χ0) is 25.2. The molecule has 1 aliphatic heterocycles. The van der Waals surface area contributed by atoms with Gasteiger partial charge in [-0.15, -0.1) is 11.6 Å². The van der Waals surface area contributed by atoms with Gasteiger partial charge in [-0.05, 0) is 77.4 Å². The molecule has 6 nitrogen and oxygen atoms in total. The fourth-order valence-corrected chi connectivity index (χ4v) is 4.70. The monoisotopic (exact) mass is 496 g/mol. The van der Waals surface area contributed by atoms with Crippen LogP contribution in [0.2, 0.25) is 0 Å². The lowest BCUT2D eigenvalue weighted by Gasteiger charge is -2.17. The first-order valence-electron chi connectivity index (χ1n) is 11.6. The van der Waals surface area contributed by atoms with Crippen LogP contribution in [0.3, 0.4) is 0 Å². The standard InChI is InChI=1S/C28H22N4O2.CH3Cl/c29-20-8-5-18(6-9-20)27(33)30-21-10-11-24-19(15-21)16-25(31-24)28(34)32-14-13-23-22-4-2-1-3-17(22)7-12-26(23)32;1-2/h1-12,15-16,31H,13-14,29H2,(H,30,33);1H3. The number of fused-ring (bicyclic) bond motifs is 4. The number of nitrogens with two attached hydrogens (primary N) is 1. The highest BCUT2D eigenvalue weighted by molar-refractivity contribution is 6.15. The number of aromatic nitrogens is 1. The van der Waals surface area contributed by atoms with E-state index in [4.69, 9.17) is 5.73 Å². The zero-order valence-corrected chi connectivity index (χ0v) is 20.5. The molecule has 2 amide bonds. The molecule has 2 heterocycles. The average Bonchev–Trinajstić information content (AvgIpc) is 3.54. The van der Waals surface area contributed by atoms with Gasteiger partial charge >= 0.3 is 0 Å². The van der Waals surface area contributed by atoms with Gasteiger partial charge < -0.3 is 20.9 Å². The lowest BCUT2D eigenvalue weighted by molar-refractivity contribution is 0.0984. The number of nitrogen functional groups attached to an aromatic ring is 1. The van der Waals surface area contributed by atoms with Crippen molar-refractivity contribution in [2.24, 2.45) is 0 Å². The molecule has 1 aromatic heterocycles. The average molecular weight is 497 g/mol. The van der Waals surface area contributed by atoms with Crippen molar-refractivity contribution in [3.8, 4) is 0 Å². The Hall–Kier alpha value is -4.29. The highest BCUT2D eigenvalue weighted by Crippen LogP contribution is 2.35. The van der Waals surface area contributed by atoms with Gasteiger partial charge in [-0.25, -0.2) is 0 Å². The second-order valence-electron chi connectivity index (χ2n) is 8.55. The molecule has 1 aliphatic rings. The van der Waals surface area contributed by atoms with Crippen molar-refractivity contribution < 1.29 is 9.59 Å². The smallest absolute Gasteiger partial charge is 0.274 e. The molecule has 0 bridgehead atoms. The fraction of sp³-hybridized carbons (Fsp3) is 0.103. The summed E-state index contributed by atoms with van der Waals surface area (Å²) in [6.45, 7) is 0.653. The predicted octanol–water partition coefficient (Wildman–Crippen LogP) is 6.21. The van der Waals surface area contributed by atoms with Crippen LogP contribution in [0.5, 0.6) is 0 Å². The van der Waals surface area contributed by atoms with Crippen molar-refractivity contribution >= 4 is 62.2 Å². The molecule has 0 fully saturated rings. The summed E-state index contributed by atoms with van der Waals surface area (Å²) < 4.78 is 0. The molecular weight excluding hydrogens is 472 g/mol. The number of hydrogen-bond acceptors (Lipinski definition) is 3. The zero-order valence-electron chi connectivity index (χ0n) is 19.7. The summed E-state index contributed by atoms with van der Waals surface area (Å²) in [5.74, 6) is -0.273. The second kappa shape index (κ2) is 9.76. The number of carbonyl (C=O) groups is 2. The van der Waals surface area contributed by atoms with E-state index in [9.17, 15) is 9.59 Å². The summed E-state index contributed by atoms with van der Waals surface area (Å²) in [4.78, 5) is 31.0. The van der Waals surface area contributed by atoms with Crippen molar-refractivity contribution in [1.29, 1.82) is 0 Å². The van der Waals surface area contributed by atoms with Crippen LogP contribution >= 0.6 is 11.6 Å². The Morgan fingerprint density at radius 1 is 0.917 bits per heavy atom. The number of carbonyl (C=O) groups excluding carboxylic acids is 2. The molecule has 6 rings (SSSR count). The van der Waals surface area contributed by atoms with Gasteiger partial charge in [-0.1, -0.05) is 30.3 Å². The number of alkyl halides is 1. The first-order chi connectivity index (χ1) is 17.6. The molecule has 36 heavy (non-hydrogen) atoms. The van der Waals surface area contributed by atoms with E-state index in [2.05, 4.69) is 40.1 Å². The Labute approximate surface area is 213 Å². The Morgan fingerprint density at radius 2 is 1.69 bits per heavy atom. The van der Waals surface area contributed by atoms with Gasteiger partial charge in [0, 0.05) is 46.5 Å². The molecule has 0 spiro atoms. The van der Waals surface area contributed by atoms with E-state index in [1.807, 2.05) is 47.4 Å². The highest BCUT2D eigenvalue weighted by atomic mass is 35.5. The van der Waals surface area contributed by atoms with E-state index >= 15 is 0 Å². The third-order valence-corrected chi connectivity index (χ3v) is 6.42. The summed E-state index contributed by atoms with van der Waals surface area (Å²) in [5, 5.41) is 6.15. The summed E-state index contributed by atoms with van der Waals surface area (Å²) in [6, 6.07) is 26.6.